The minimum Gasteiger partial charge on any atom is -0.454 e. The normalized spacial score (nSPS) is 20.2. The van der Waals surface area contributed by atoms with E-state index < -0.39 is 6.10 Å². The summed E-state index contributed by atoms with van der Waals surface area (Å²) in [4.78, 5) is 24.3. The lowest BCUT2D eigenvalue weighted by Crippen LogP contribution is -2.33. The zero-order chi connectivity index (χ0) is 17.8. The second-order valence-electron chi connectivity index (χ2n) is 6.26. The van der Waals surface area contributed by atoms with Crippen molar-refractivity contribution in [2.24, 2.45) is 0 Å². The predicted molar refractivity (Wildman–Crippen MR) is 90.2 cm³/mol. The SMILES string of the molecule is CC(=O)c1cc2c(cc1NC(=O)C(C)OCC1CCCCO1)OCO2. The number of amides is 1. The Kier molecular flexibility index (Phi) is 5.55. The van der Waals surface area contributed by atoms with E-state index in [2.05, 4.69) is 5.32 Å². The van der Waals surface area contributed by atoms with Gasteiger partial charge in [0, 0.05) is 18.2 Å². The summed E-state index contributed by atoms with van der Waals surface area (Å²) >= 11 is 0. The van der Waals surface area contributed by atoms with E-state index in [-0.39, 0.29) is 24.6 Å². The van der Waals surface area contributed by atoms with Gasteiger partial charge in [0.1, 0.15) is 6.10 Å². The molecule has 0 radical (unpaired) electrons. The van der Waals surface area contributed by atoms with Crippen molar-refractivity contribution in [3.8, 4) is 11.5 Å². The number of fused-ring (bicyclic) bond motifs is 1. The van der Waals surface area contributed by atoms with Crippen molar-refractivity contribution in [1.82, 2.24) is 0 Å². The van der Waals surface area contributed by atoms with Crippen LogP contribution in [0.5, 0.6) is 11.5 Å². The van der Waals surface area contributed by atoms with Gasteiger partial charge < -0.3 is 24.3 Å². The van der Waals surface area contributed by atoms with E-state index in [0.29, 0.717) is 29.4 Å². The number of anilines is 1. The Balaban J connectivity index is 1.62. The van der Waals surface area contributed by atoms with E-state index >= 15 is 0 Å². The van der Waals surface area contributed by atoms with E-state index in [1.165, 1.54) is 6.92 Å². The van der Waals surface area contributed by atoms with Crippen LogP contribution in [0.2, 0.25) is 0 Å². The highest BCUT2D eigenvalue weighted by atomic mass is 16.7. The van der Waals surface area contributed by atoms with Crippen LogP contribution in [-0.2, 0) is 14.3 Å². The lowest BCUT2D eigenvalue weighted by molar-refractivity contribution is -0.130. The van der Waals surface area contributed by atoms with Crippen molar-refractivity contribution in [3.05, 3.63) is 17.7 Å². The highest BCUT2D eigenvalue weighted by Crippen LogP contribution is 2.37. The summed E-state index contributed by atoms with van der Waals surface area (Å²) in [6.07, 6.45) is 2.53. The molecule has 1 aromatic rings. The molecule has 1 amide bonds. The molecule has 2 unspecified atom stereocenters. The van der Waals surface area contributed by atoms with E-state index in [4.69, 9.17) is 18.9 Å². The molecule has 0 saturated carbocycles. The van der Waals surface area contributed by atoms with Crippen LogP contribution in [-0.4, -0.2) is 43.9 Å². The van der Waals surface area contributed by atoms with Gasteiger partial charge in [0.25, 0.3) is 5.91 Å². The molecule has 1 N–H and O–H groups in total. The third-order valence-corrected chi connectivity index (χ3v) is 4.33. The summed E-state index contributed by atoms with van der Waals surface area (Å²) in [5, 5.41) is 2.75. The Labute approximate surface area is 146 Å². The van der Waals surface area contributed by atoms with Gasteiger partial charge in [-0.1, -0.05) is 0 Å². The Morgan fingerprint density at radius 1 is 1.28 bits per heavy atom. The van der Waals surface area contributed by atoms with Crippen LogP contribution in [0.15, 0.2) is 12.1 Å². The summed E-state index contributed by atoms with van der Waals surface area (Å²) in [6.45, 7) is 4.35. The fourth-order valence-corrected chi connectivity index (χ4v) is 2.84. The van der Waals surface area contributed by atoms with Crippen LogP contribution in [0.3, 0.4) is 0 Å². The Morgan fingerprint density at radius 3 is 2.72 bits per heavy atom. The Hall–Kier alpha value is -2.12. The van der Waals surface area contributed by atoms with Gasteiger partial charge in [-0.2, -0.15) is 0 Å². The number of carbonyl (C=O) groups is 2. The molecule has 1 fully saturated rings. The molecule has 0 spiro atoms. The average molecular weight is 349 g/mol. The van der Waals surface area contributed by atoms with Crippen LogP contribution in [0.25, 0.3) is 0 Å². The molecule has 2 heterocycles. The van der Waals surface area contributed by atoms with Gasteiger partial charge >= 0.3 is 0 Å². The van der Waals surface area contributed by atoms with Crippen LogP contribution < -0.4 is 14.8 Å². The number of benzene rings is 1. The first-order chi connectivity index (χ1) is 12.0. The topological polar surface area (TPSA) is 83.1 Å². The van der Waals surface area contributed by atoms with Crippen LogP contribution in [0, 0.1) is 0 Å². The molecule has 25 heavy (non-hydrogen) atoms. The van der Waals surface area contributed by atoms with Gasteiger partial charge in [0.05, 0.1) is 18.4 Å². The van der Waals surface area contributed by atoms with Gasteiger partial charge in [0.15, 0.2) is 17.3 Å². The number of hydrogen-bond acceptors (Lipinski definition) is 6. The fraction of sp³-hybridized carbons (Fsp3) is 0.556. The highest BCUT2D eigenvalue weighted by Gasteiger charge is 2.23. The molecule has 0 bridgehead atoms. The number of Topliss-reactive ketones (excluding diaryl/α,β-unsaturated/α-hetero) is 1. The molecule has 0 aromatic heterocycles. The van der Waals surface area contributed by atoms with Crippen molar-refractivity contribution in [2.75, 3.05) is 25.3 Å². The second kappa shape index (κ2) is 7.84. The molecule has 136 valence electrons. The molecule has 2 aliphatic rings. The summed E-state index contributed by atoms with van der Waals surface area (Å²) in [5.41, 5.74) is 0.770. The van der Waals surface area contributed by atoms with Gasteiger partial charge in [-0.25, -0.2) is 0 Å². The van der Waals surface area contributed by atoms with Crippen LogP contribution in [0.1, 0.15) is 43.5 Å². The predicted octanol–water partition coefficient (Wildman–Crippen LogP) is 2.53. The smallest absolute Gasteiger partial charge is 0.253 e. The Bertz CT molecular complexity index is 653. The molecular formula is C18H23NO6. The number of nitrogens with one attached hydrogen (secondary N) is 1. The summed E-state index contributed by atoms with van der Waals surface area (Å²) in [6, 6.07) is 3.19. The maximum atomic E-state index is 12.4. The molecule has 1 aromatic carbocycles. The quantitative estimate of drug-likeness (QED) is 0.795. The molecular weight excluding hydrogens is 326 g/mol. The second-order valence-corrected chi connectivity index (χ2v) is 6.26. The van der Waals surface area contributed by atoms with Crippen LogP contribution >= 0.6 is 0 Å². The van der Waals surface area contributed by atoms with Crippen molar-refractivity contribution in [2.45, 2.75) is 45.3 Å². The molecule has 0 aliphatic carbocycles. The van der Waals surface area contributed by atoms with Gasteiger partial charge in [-0.15, -0.1) is 0 Å². The van der Waals surface area contributed by atoms with Crippen LogP contribution in [0.4, 0.5) is 5.69 Å². The minimum atomic E-state index is -0.657. The van der Waals surface area contributed by atoms with Gasteiger partial charge in [0.2, 0.25) is 6.79 Å². The number of carbonyl (C=O) groups excluding carboxylic acids is 2. The molecule has 1 saturated heterocycles. The number of ketones is 1. The standard InChI is InChI=1S/C18H23NO6/c1-11(20)14-7-16-17(25-10-24-16)8-15(14)19-18(21)12(2)23-9-13-5-3-4-6-22-13/h7-8,12-13H,3-6,9-10H2,1-2H3,(H,19,21). The first-order valence-electron chi connectivity index (χ1n) is 8.53. The lowest BCUT2D eigenvalue weighted by atomic mass is 10.1. The maximum Gasteiger partial charge on any atom is 0.253 e. The van der Waals surface area contributed by atoms with E-state index in [1.807, 2.05) is 0 Å². The summed E-state index contributed by atoms with van der Waals surface area (Å²) in [5.74, 6) is 0.515. The third kappa shape index (κ3) is 4.29. The van der Waals surface area contributed by atoms with Gasteiger partial charge in [-0.05, 0) is 39.2 Å². The van der Waals surface area contributed by atoms with Gasteiger partial charge in [-0.3, -0.25) is 9.59 Å². The monoisotopic (exact) mass is 349 g/mol. The number of ether oxygens (including phenoxy) is 4. The zero-order valence-corrected chi connectivity index (χ0v) is 14.5. The minimum absolute atomic E-state index is 0.0438. The molecule has 3 rings (SSSR count). The van der Waals surface area contributed by atoms with E-state index in [9.17, 15) is 9.59 Å². The maximum absolute atomic E-state index is 12.4. The number of hydrogen-bond donors (Lipinski definition) is 1. The highest BCUT2D eigenvalue weighted by molar-refractivity contribution is 6.05. The fourth-order valence-electron chi connectivity index (χ4n) is 2.84. The molecule has 7 heteroatoms. The Morgan fingerprint density at radius 2 is 2.04 bits per heavy atom. The van der Waals surface area contributed by atoms with Crippen molar-refractivity contribution in [3.63, 3.8) is 0 Å². The first-order valence-corrected chi connectivity index (χ1v) is 8.53. The summed E-state index contributed by atoms with van der Waals surface area (Å²) < 4.78 is 21.8. The van der Waals surface area contributed by atoms with Crippen molar-refractivity contribution in [1.29, 1.82) is 0 Å². The lowest BCUT2D eigenvalue weighted by Gasteiger charge is -2.24. The molecule has 7 nitrogen and oxygen atoms in total. The van der Waals surface area contributed by atoms with E-state index in [1.54, 1.807) is 19.1 Å². The van der Waals surface area contributed by atoms with E-state index in [0.717, 1.165) is 25.9 Å². The third-order valence-electron chi connectivity index (χ3n) is 4.33. The summed E-state index contributed by atoms with van der Waals surface area (Å²) in [7, 11) is 0. The zero-order valence-electron chi connectivity index (χ0n) is 14.5. The largest absolute Gasteiger partial charge is 0.454 e. The van der Waals surface area contributed by atoms with Crippen molar-refractivity contribution < 1.29 is 28.5 Å². The molecule has 2 atom stereocenters. The average Bonchev–Trinajstić information content (AvgIpc) is 3.07. The number of rotatable bonds is 6. The molecule has 2 aliphatic heterocycles. The van der Waals surface area contributed by atoms with Crippen molar-refractivity contribution >= 4 is 17.4 Å². The first kappa shape index (κ1) is 17.7.